The van der Waals surface area contributed by atoms with Crippen molar-refractivity contribution in [2.24, 2.45) is 0 Å². The summed E-state index contributed by atoms with van der Waals surface area (Å²) in [5.74, 6) is -0.780. The molecule has 0 spiro atoms. The molecule has 0 fully saturated rings. The van der Waals surface area contributed by atoms with E-state index in [0.717, 1.165) is 0 Å². The summed E-state index contributed by atoms with van der Waals surface area (Å²) in [7, 11) is 0. The van der Waals surface area contributed by atoms with Crippen molar-refractivity contribution in [2.45, 2.75) is 0 Å². The average Bonchev–Trinajstić information content (AvgIpc) is 2.63. The molecule has 24 heavy (non-hydrogen) atoms. The van der Waals surface area contributed by atoms with E-state index in [1.807, 2.05) is 12.1 Å². The zero-order valence-electron chi connectivity index (χ0n) is 12.3. The van der Waals surface area contributed by atoms with Gasteiger partial charge in [0.2, 0.25) is 0 Å². The molecule has 0 amide bonds. The maximum absolute atomic E-state index is 12.9. The number of nitrogens with zero attached hydrogens (tertiary/aromatic N) is 2. The standard InChI is InChI=1S/C20H10N2O2/c21-9-15-11-5-1-3-7-13(11)19(23)18-16(10-22)12-6-2-4-8-14(12)20(24)17(15)18/h1-8,23-24H/p-2. The topological polar surface area (TPSA) is 93.7 Å². The summed E-state index contributed by atoms with van der Waals surface area (Å²) in [6.07, 6.45) is 0. The molecule has 112 valence electrons. The fourth-order valence-corrected chi connectivity index (χ4v) is 3.27. The van der Waals surface area contributed by atoms with Crippen LogP contribution in [0.4, 0.5) is 0 Å². The molecule has 0 saturated carbocycles. The van der Waals surface area contributed by atoms with E-state index < -0.39 is 0 Å². The Bertz CT molecular complexity index is 1150. The summed E-state index contributed by atoms with van der Waals surface area (Å²) in [6, 6.07) is 17.4. The van der Waals surface area contributed by atoms with Gasteiger partial charge in [0, 0.05) is 0 Å². The van der Waals surface area contributed by atoms with Crippen LogP contribution in [0.5, 0.6) is 11.5 Å². The minimum Gasteiger partial charge on any atom is -0.872 e. The van der Waals surface area contributed by atoms with Gasteiger partial charge in [0.05, 0.1) is 11.1 Å². The third-order valence-corrected chi connectivity index (χ3v) is 4.31. The number of hydrogen-bond acceptors (Lipinski definition) is 4. The maximum Gasteiger partial charge on any atom is 0.100 e. The quantitative estimate of drug-likeness (QED) is 0.467. The van der Waals surface area contributed by atoms with E-state index in [1.54, 1.807) is 48.5 Å². The fraction of sp³-hybridized carbons (Fsp3) is 0. The van der Waals surface area contributed by atoms with Gasteiger partial charge in [0.25, 0.3) is 0 Å². The molecule has 0 radical (unpaired) electrons. The Balaban J connectivity index is 2.49. The van der Waals surface area contributed by atoms with Crippen LogP contribution in [-0.4, -0.2) is 0 Å². The largest absolute Gasteiger partial charge is 0.872 e. The Hall–Kier alpha value is -3.76. The van der Waals surface area contributed by atoms with Crippen molar-refractivity contribution >= 4 is 32.3 Å². The maximum atomic E-state index is 12.9. The van der Waals surface area contributed by atoms with Crippen molar-refractivity contribution in [3.63, 3.8) is 0 Å². The Morgan fingerprint density at radius 2 is 0.917 bits per heavy atom. The predicted molar refractivity (Wildman–Crippen MR) is 87.3 cm³/mol. The molecular formula is C20H8N2O2-2. The summed E-state index contributed by atoms with van der Waals surface area (Å²) >= 11 is 0. The molecule has 0 aromatic heterocycles. The van der Waals surface area contributed by atoms with Gasteiger partial charge in [-0.1, -0.05) is 60.0 Å². The van der Waals surface area contributed by atoms with E-state index >= 15 is 0 Å². The molecule has 0 N–H and O–H groups in total. The molecule has 4 aromatic carbocycles. The van der Waals surface area contributed by atoms with Gasteiger partial charge in [-0.3, -0.25) is 0 Å². The summed E-state index contributed by atoms with van der Waals surface area (Å²) < 4.78 is 0. The first kappa shape index (κ1) is 13.9. The van der Waals surface area contributed by atoms with Crippen LogP contribution < -0.4 is 10.2 Å². The van der Waals surface area contributed by atoms with Crippen LogP contribution in [0.25, 0.3) is 32.3 Å². The van der Waals surface area contributed by atoms with E-state index in [4.69, 9.17) is 0 Å². The van der Waals surface area contributed by atoms with Gasteiger partial charge in [-0.15, -0.1) is 0 Å². The molecule has 4 aromatic rings. The first-order valence-electron chi connectivity index (χ1n) is 7.26. The highest BCUT2D eigenvalue weighted by atomic mass is 16.3. The second kappa shape index (κ2) is 4.87. The second-order valence-electron chi connectivity index (χ2n) is 5.47. The van der Waals surface area contributed by atoms with Crippen molar-refractivity contribution in [1.29, 1.82) is 10.5 Å². The molecule has 0 atom stereocenters. The second-order valence-corrected chi connectivity index (χ2v) is 5.47. The normalized spacial score (nSPS) is 10.8. The molecule has 0 aliphatic carbocycles. The van der Waals surface area contributed by atoms with E-state index in [-0.39, 0.29) is 33.4 Å². The van der Waals surface area contributed by atoms with Crippen molar-refractivity contribution in [2.75, 3.05) is 0 Å². The van der Waals surface area contributed by atoms with Crippen LogP contribution in [0.15, 0.2) is 48.5 Å². The number of hydrogen-bond donors (Lipinski definition) is 0. The molecular weight excluding hydrogens is 300 g/mol. The summed E-state index contributed by atoms with van der Waals surface area (Å²) in [5.41, 5.74) is 0.292. The van der Waals surface area contributed by atoms with Crippen LogP contribution >= 0.6 is 0 Å². The Labute approximate surface area is 137 Å². The Morgan fingerprint density at radius 3 is 1.25 bits per heavy atom. The zero-order valence-corrected chi connectivity index (χ0v) is 12.3. The third-order valence-electron chi connectivity index (χ3n) is 4.31. The summed E-state index contributed by atoms with van der Waals surface area (Å²) in [5, 5.41) is 46.7. The smallest absolute Gasteiger partial charge is 0.100 e. The van der Waals surface area contributed by atoms with E-state index in [9.17, 15) is 20.7 Å². The highest BCUT2D eigenvalue weighted by Gasteiger charge is 2.16. The fourth-order valence-electron chi connectivity index (χ4n) is 3.27. The van der Waals surface area contributed by atoms with Gasteiger partial charge >= 0.3 is 0 Å². The first-order chi connectivity index (χ1) is 11.7. The molecule has 0 saturated heterocycles. The highest BCUT2D eigenvalue weighted by Crippen LogP contribution is 2.44. The summed E-state index contributed by atoms with van der Waals surface area (Å²) in [6.45, 7) is 0. The lowest BCUT2D eigenvalue weighted by Crippen LogP contribution is -2.02. The molecule has 4 heteroatoms. The molecule has 0 heterocycles. The van der Waals surface area contributed by atoms with Gasteiger partial charge in [-0.05, 0) is 32.3 Å². The Morgan fingerprint density at radius 1 is 0.583 bits per heavy atom. The van der Waals surface area contributed by atoms with Crippen LogP contribution in [0.2, 0.25) is 0 Å². The lowest BCUT2D eigenvalue weighted by molar-refractivity contribution is -0.265. The molecule has 4 rings (SSSR count). The minimum absolute atomic E-state index is 0.0384. The van der Waals surface area contributed by atoms with Crippen molar-refractivity contribution in [3.8, 4) is 23.6 Å². The van der Waals surface area contributed by atoms with E-state index in [0.29, 0.717) is 21.5 Å². The lowest BCUT2D eigenvalue weighted by Gasteiger charge is -2.24. The molecule has 0 unspecified atom stereocenters. The zero-order chi connectivity index (χ0) is 16.8. The van der Waals surface area contributed by atoms with E-state index in [2.05, 4.69) is 0 Å². The van der Waals surface area contributed by atoms with Gasteiger partial charge < -0.3 is 10.2 Å². The van der Waals surface area contributed by atoms with Crippen LogP contribution in [-0.2, 0) is 0 Å². The monoisotopic (exact) mass is 308 g/mol. The third kappa shape index (κ3) is 1.60. The Kier molecular flexibility index (Phi) is 2.82. The van der Waals surface area contributed by atoms with Crippen LogP contribution in [0.1, 0.15) is 11.1 Å². The highest BCUT2D eigenvalue weighted by molar-refractivity contribution is 6.19. The van der Waals surface area contributed by atoms with Gasteiger partial charge in [0.1, 0.15) is 12.1 Å². The molecule has 4 nitrogen and oxygen atoms in total. The number of nitriles is 2. The van der Waals surface area contributed by atoms with Crippen molar-refractivity contribution in [3.05, 3.63) is 59.7 Å². The first-order valence-corrected chi connectivity index (χ1v) is 7.26. The van der Waals surface area contributed by atoms with Gasteiger partial charge in [-0.2, -0.15) is 10.5 Å². The molecule has 0 bridgehead atoms. The van der Waals surface area contributed by atoms with Crippen LogP contribution in [0.3, 0.4) is 0 Å². The predicted octanol–water partition coefficient (Wildman–Crippen LogP) is 3.04. The number of fused-ring (bicyclic) bond motifs is 3. The van der Waals surface area contributed by atoms with Crippen molar-refractivity contribution in [1.82, 2.24) is 0 Å². The minimum atomic E-state index is -0.390. The van der Waals surface area contributed by atoms with Crippen molar-refractivity contribution < 1.29 is 10.2 Å². The molecule has 0 aliphatic heterocycles. The molecule has 0 aliphatic rings. The van der Waals surface area contributed by atoms with Crippen LogP contribution in [0, 0.1) is 22.7 Å². The number of rotatable bonds is 0. The van der Waals surface area contributed by atoms with Gasteiger partial charge in [0.15, 0.2) is 0 Å². The van der Waals surface area contributed by atoms with Gasteiger partial charge in [-0.25, -0.2) is 0 Å². The van der Waals surface area contributed by atoms with E-state index in [1.165, 1.54) is 0 Å². The summed E-state index contributed by atoms with van der Waals surface area (Å²) in [4.78, 5) is 0. The number of benzene rings is 4. The SMILES string of the molecule is N#Cc1c2ccccc2c([O-])c2c(C#N)c3ccccc3c([O-])c12. The average molecular weight is 308 g/mol. The lowest BCUT2D eigenvalue weighted by atomic mass is 9.89.